The van der Waals surface area contributed by atoms with Crippen molar-refractivity contribution in [2.45, 2.75) is 19.9 Å². The molecule has 190 valence electrons. The molecule has 2 aromatic heterocycles. The first kappa shape index (κ1) is 24.9. The molecule has 3 heterocycles. The molecular weight excluding hydrogens is 514 g/mol. The molecular formula is C26H24ClN5O4S. The molecule has 1 aliphatic heterocycles. The number of hydrogen-bond donors (Lipinski definition) is 1. The summed E-state index contributed by atoms with van der Waals surface area (Å²) in [4.78, 5) is 13.2. The maximum atomic E-state index is 13.2. The predicted molar refractivity (Wildman–Crippen MR) is 142 cm³/mol. The number of methoxy groups -OCH3 is 1. The van der Waals surface area contributed by atoms with E-state index in [1.807, 2.05) is 43.3 Å². The van der Waals surface area contributed by atoms with Crippen LogP contribution in [0.4, 0.5) is 5.82 Å². The van der Waals surface area contributed by atoms with Crippen LogP contribution in [0.25, 0.3) is 16.8 Å². The maximum absolute atomic E-state index is 13.2. The van der Waals surface area contributed by atoms with Crippen molar-refractivity contribution in [1.29, 1.82) is 0 Å². The molecule has 0 spiro atoms. The first-order valence-electron chi connectivity index (χ1n) is 11.5. The molecule has 1 aliphatic rings. The van der Waals surface area contributed by atoms with Gasteiger partial charge in [0.1, 0.15) is 5.75 Å². The Balaban J connectivity index is 1.55. The Hall–Kier alpha value is -3.73. The zero-order chi connectivity index (χ0) is 26.2. The standard InChI is InChI=1S/C26H24ClN5O4S/c1-17-20(5-3-6-21(17)27)18-8-10-24(36-2)23(15-18)32-22-12-14-31(16-19(22)9-11-26(32)33)37(34,35)30-25-7-4-13-28-29-25/h3-11,13,15H,12,14,16H2,1-2H3,(H,29,30). The molecule has 0 atom stereocenters. The van der Waals surface area contributed by atoms with Gasteiger partial charge in [-0.2, -0.15) is 17.8 Å². The van der Waals surface area contributed by atoms with Gasteiger partial charge in [0, 0.05) is 42.5 Å². The van der Waals surface area contributed by atoms with Crippen LogP contribution in [0, 0.1) is 6.92 Å². The number of hydrogen-bond acceptors (Lipinski definition) is 6. The summed E-state index contributed by atoms with van der Waals surface area (Å²) in [5.41, 5.74) is 4.56. The molecule has 11 heteroatoms. The summed E-state index contributed by atoms with van der Waals surface area (Å²) in [5, 5.41) is 8.16. The minimum absolute atomic E-state index is 0.0978. The normalized spacial score (nSPS) is 13.7. The van der Waals surface area contributed by atoms with Crippen LogP contribution in [0.5, 0.6) is 5.75 Å². The van der Waals surface area contributed by atoms with E-state index in [9.17, 15) is 13.2 Å². The summed E-state index contributed by atoms with van der Waals surface area (Å²) in [6.45, 7) is 2.23. The fraction of sp³-hybridized carbons (Fsp3) is 0.192. The van der Waals surface area contributed by atoms with Crippen molar-refractivity contribution in [3.63, 3.8) is 0 Å². The van der Waals surface area contributed by atoms with Crippen molar-refractivity contribution in [2.75, 3.05) is 18.4 Å². The number of nitrogens with one attached hydrogen (secondary N) is 1. The summed E-state index contributed by atoms with van der Waals surface area (Å²) in [5.74, 6) is 0.662. The van der Waals surface area contributed by atoms with Gasteiger partial charge in [-0.05, 0) is 59.5 Å². The predicted octanol–water partition coefficient (Wildman–Crippen LogP) is 3.98. The second-order valence-electron chi connectivity index (χ2n) is 8.58. The monoisotopic (exact) mass is 537 g/mol. The van der Waals surface area contributed by atoms with Crippen LogP contribution >= 0.6 is 11.6 Å². The number of rotatable bonds is 6. The molecule has 0 unspecified atom stereocenters. The Bertz CT molecular complexity index is 1640. The highest BCUT2D eigenvalue weighted by Crippen LogP contribution is 2.34. The third-order valence-electron chi connectivity index (χ3n) is 6.38. The second kappa shape index (κ2) is 9.97. The molecule has 0 bridgehead atoms. The SMILES string of the molecule is COc1ccc(-c2cccc(Cl)c2C)cc1-n1c2c(ccc1=O)CN(S(=O)(=O)Nc1cccnn1)CC2. The van der Waals surface area contributed by atoms with Gasteiger partial charge in [-0.1, -0.05) is 35.9 Å². The van der Waals surface area contributed by atoms with Gasteiger partial charge >= 0.3 is 10.2 Å². The van der Waals surface area contributed by atoms with E-state index in [0.29, 0.717) is 22.9 Å². The van der Waals surface area contributed by atoms with Crippen LogP contribution < -0.4 is 15.0 Å². The molecule has 0 amide bonds. The van der Waals surface area contributed by atoms with Crippen LogP contribution in [-0.2, 0) is 23.2 Å². The zero-order valence-corrected chi connectivity index (χ0v) is 21.8. The smallest absolute Gasteiger partial charge is 0.303 e. The number of benzene rings is 2. The van der Waals surface area contributed by atoms with Crippen LogP contribution in [0.3, 0.4) is 0 Å². The van der Waals surface area contributed by atoms with E-state index in [0.717, 1.165) is 27.9 Å². The number of aromatic nitrogens is 3. The van der Waals surface area contributed by atoms with E-state index in [1.165, 1.54) is 22.6 Å². The molecule has 0 fully saturated rings. The minimum Gasteiger partial charge on any atom is -0.495 e. The van der Waals surface area contributed by atoms with Gasteiger partial charge in [0.05, 0.1) is 12.8 Å². The van der Waals surface area contributed by atoms with Gasteiger partial charge in [-0.3, -0.25) is 14.1 Å². The molecule has 4 aromatic rings. The Morgan fingerprint density at radius 1 is 1.08 bits per heavy atom. The highest BCUT2D eigenvalue weighted by atomic mass is 35.5. The van der Waals surface area contributed by atoms with Crippen molar-refractivity contribution < 1.29 is 13.2 Å². The second-order valence-corrected chi connectivity index (χ2v) is 10.7. The number of ether oxygens (including phenoxy) is 1. The van der Waals surface area contributed by atoms with E-state index >= 15 is 0 Å². The summed E-state index contributed by atoms with van der Waals surface area (Å²) in [6, 6.07) is 17.6. The highest BCUT2D eigenvalue weighted by Gasteiger charge is 2.29. The number of fused-ring (bicyclic) bond motifs is 1. The van der Waals surface area contributed by atoms with E-state index < -0.39 is 10.2 Å². The lowest BCUT2D eigenvalue weighted by Crippen LogP contribution is -2.41. The summed E-state index contributed by atoms with van der Waals surface area (Å²) >= 11 is 6.35. The number of pyridine rings is 1. The van der Waals surface area contributed by atoms with E-state index in [4.69, 9.17) is 16.3 Å². The van der Waals surface area contributed by atoms with E-state index in [1.54, 1.807) is 23.8 Å². The van der Waals surface area contributed by atoms with Crippen LogP contribution in [-0.4, -0.2) is 41.1 Å². The highest BCUT2D eigenvalue weighted by molar-refractivity contribution is 7.90. The third kappa shape index (κ3) is 4.83. The van der Waals surface area contributed by atoms with Gasteiger partial charge in [0.2, 0.25) is 0 Å². The van der Waals surface area contributed by atoms with Gasteiger partial charge in [0.15, 0.2) is 5.82 Å². The first-order chi connectivity index (χ1) is 17.8. The van der Waals surface area contributed by atoms with Crippen LogP contribution in [0.1, 0.15) is 16.8 Å². The van der Waals surface area contributed by atoms with E-state index in [2.05, 4.69) is 14.9 Å². The zero-order valence-electron chi connectivity index (χ0n) is 20.2. The quantitative estimate of drug-likeness (QED) is 0.399. The Morgan fingerprint density at radius 2 is 1.92 bits per heavy atom. The van der Waals surface area contributed by atoms with Crippen LogP contribution in [0.2, 0.25) is 5.02 Å². The summed E-state index contributed by atoms with van der Waals surface area (Å²) < 4.78 is 37.0. The average molecular weight is 538 g/mol. The number of nitrogens with zero attached hydrogens (tertiary/aromatic N) is 4. The lowest BCUT2D eigenvalue weighted by atomic mass is 9.99. The van der Waals surface area contributed by atoms with Crippen molar-refractivity contribution in [3.05, 3.63) is 99.1 Å². The van der Waals surface area contributed by atoms with Crippen molar-refractivity contribution in [2.24, 2.45) is 0 Å². The Kier molecular flexibility index (Phi) is 6.72. The molecule has 0 aliphatic carbocycles. The average Bonchev–Trinajstić information content (AvgIpc) is 2.90. The van der Waals surface area contributed by atoms with E-state index in [-0.39, 0.29) is 24.5 Å². The topological polar surface area (TPSA) is 106 Å². The molecule has 0 radical (unpaired) electrons. The molecule has 1 N–H and O–H groups in total. The summed E-state index contributed by atoms with van der Waals surface area (Å²) in [6.07, 6.45) is 1.79. The fourth-order valence-electron chi connectivity index (χ4n) is 4.51. The maximum Gasteiger partial charge on any atom is 0.303 e. The Labute approximate surface area is 219 Å². The number of halogens is 1. The van der Waals surface area contributed by atoms with Gasteiger partial charge in [-0.15, -0.1) is 5.10 Å². The first-order valence-corrected chi connectivity index (χ1v) is 13.3. The molecule has 0 saturated carbocycles. The summed E-state index contributed by atoms with van der Waals surface area (Å²) in [7, 11) is -2.32. The Morgan fingerprint density at radius 3 is 2.68 bits per heavy atom. The van der Waals surface area contributed by atoms with Crippen molar-refractivity contribution >= 4 is 27.6 Å². The lowest BCUT2D eigenvalue weighted by molar-refractivity contribution is 0.385. The largest absolute Gasteiger partial charge is 0.495 e. The molecule has 37 heavy (non-hydrogen) atoms. The number of anilines is 1. The van der Waals surface area contributed by atoms with Crippen LogP contribution in [0.15, 0.2) is 71.7 Å². The van der Waals surface area contributed by atoms with Crippen molar-refractivity contribution in [1.82, 2.24) is 19.1 Å². The lowest BCUT2D eigenvalue weighted by Gasteiger charge is -2.30. The van der Waals surface area contributed by atoms with Gasteiger partial charge in [-0.25, -0.2) is 0 Å². The van der Waals surface area contributed by atoms with Crippen molar-refractivity contribution in [3.8, 4) is 22.6 Å². The molecule has 5 rings (SSSR count). The molecule has 9 nitrogen and oxygen atoms in total. The van der Waals surface area contributed by atoms with Gasteiger partial charge in [0.25, 0.3) is 5.56 Å². The molecule has 2 aromatic carbocycles. The molecule has 0 saturated heterocycles. The fourth-order valence-corrected chi connectivity index (χ4v) is 5.83. The third-order valence-corrected chi connectivity index (χ3v) is 8.25. The minimum atomic E-state index is -3.87. The van der Waals surface area contributed by atoms with Gasteiger partial charge < -0.3 is 4.74 Å².